The first-order valence-corrected chi connectivity index (χ1v) is 5.98. The van der Waals surface area contributed by atoms with Crippen LogP contribution in [0, 0.1) is 6.92 Å². The van der Waals surface area contributed by atoms with Crippen molar-refractivity contribution in [2.24, 2.45) is 5.73 Å². The monoisotopic (exact) mass is 234 g/mol. The normalized spacial score (nSPS) is 17.2. The number of likely N-dealkylation sites (tertiary alicyclic amines) is 1. The van der Waals surface area contributed by atoms with Crippen molar-refractivity contribution in [3.8, 4) is 0 Å². The van der Waals surface area contributed by atoms with Crippen molar-refractivity contribution in [2.75, 3.05) is 19.6 Å². The summed E-state index contributed by atoms with van der Waals surface area (Å²) >= 11 is 0. The second kappa shape index (κ2) is 5.23. The lowest BCUT2D eigenvalue weighted by Gasteiger charge is -2.31. The fourth-order valence-electron chi connectivity index (χ4n) is 2.26. The molecule has 1 aliphatic heterocycles. The molecule has 0 unspecified atom stereocenters. The minimum absolute atomic E-state index is 0.0438. The first-order valence-electron chi connectivity index (χ1n) is 5.98. The summed E-state index contributed by atoms with van der Waals surface area (Å²) in [4.78, 5) is 21.8. The molecule has 1 aliphatic rings. The van der Waals surface area contributed by atoms with E-state index in [1.54, 1.807) is 6.20 Å². The van der Waals surface area contributed by atoms with Crippen LogP contribution in [0.1, 0.15) is 30.3 Å². The van der Waals surface area contributed by atoms with Gasteiger partial charge in [-0.1, -0.05) is 0 Å². The molecule has 0 atom stereocenters. The molecular formula is C12H18N4O. The average Bonchev–Trinajstić information content (AvgIpc) is 2.38. The Morgan fingerprint density at radius 3 is 2.82 bits per heavy atom. The van der Waals surface area contributed by atoms with E-state index >= 15 is 0 Å². The molecule has 1 amide bonds. The van der Waals surface area contributed by atoms with Gasteiger partial charge in [-0.05, 0) is 25.8 Å². The van der Waals surface area contributed by atoms with Gasteiger partial charge >= 0.3 is 0 Å². The lowest BCUT2D eigenvalue weighted by molar-refractivity contribution is -0.130. The van der Waals surface area contributed by atoms with Gasteiger partial charge in [-0.15, -0.1) is 0 Å². The summed E-state index contributed by atoms with van der Waals surface area (Å²) in [6.07, 6.45) is 3.72. The highest BCUT2D eigenvalue weighted by molar-refractivity contribution is 5.78. The predicted molar refractivity (Wildman–Crippen MR) is 64.4 cm³/mol. The largest absolute Gasteiger partial charge is 0.342 e. The SMILES string of the molecule is Cc1nccc(C2CCN(C(=O)CN)CC2)n1. The van der Waals surface area contributed by atoms with Crippen LogP contribution in [0.4, 0.5) is 0 Å². The van der Waals surface area contributed by atoms with Crippen LogP contribution in [0.15, 0.2) is 12.3 Å². The third-order valence-corrected chi connectivity index (χ3v) is 3.24. The van der Waals surface area contributed by atoms with Gasteiger partial charge in [0.05, 0.1) is 6.54 Å². The number of aromatic nitrogens is 2. The maximum atomic E-state index is 11.4. The quantitative estimate of drug-likeness (QED) is 0.806. The van der Waals surface area contributed by atoms with Gasteiger partial charge in [0.25, 0.3) is 0 Å². The molecule has 1 fully saturated rings. The molecule has 0 saturated carbocycles. The van der Waals surface area contributed by atoms with Gasteiger partial charge in [0.15, 0.2) is 0 Å². The van der Waals surface area contributed by atoms with E-state index in [9.17, 15) is 4.79 Å². The fourth-order valence-corrected chi connectivity index (χ4v) is 2.26. The number of rotatable bonds is 2. The van der Waals surface area contributed by atoms with Gasteiger partial charge in [-0.25, -0.2) is 9.97 Å². The summed E-state index contributed by atoms with van der Waals surface area (Å²) in [6.45, 7) is 3.57. The molecule has 2 N–H and O–H groups in total. The molecule has 1 aromatic heterocycles. The van der Waals surface area contributed by atoms with Crippen LogP contribution < -0.4 is 5.73 Å². The van der Waals surface area contributed by atoms with E-state index in [0.29, 0.717) is 5.92 Å². The highest BCUT2D eigenvalue weighted by Crippen LogP contribution is 2.26. The van der Waals surface area contributed by atoms with E-state index in [-0.39, 0.29) is 12.5 Å². The zero-order valence-corrected chi connectivity index (χ0v) is 10.1. The molecule has 17 heavy (non-hydrogen) atoms. The first-order chi connectivity index (χ1) is 8.20. The maximum absolute atomic E-state index is 11.4. The Labute approximate surface area is 101 Å². The Kier molecular flexibility index (Phi) is 3.68. The van der Waals surface area contributed by atoms with Crippen LogP contribution in [0.2, 0.25) is 0 Å². The maximum Gasteiger partial charge on any atom is 0.236 e. The number of hydrogen-bond acceptors (Lipinski definition) is 4. The van der Waals surface area contributed by atoms with Crippen LogP contribution in [0.5, 0.6) is 0 Å². The third-order valence-electron chi connectivity index (χ3n) is 3.24. The summed E-state index contributed by atoms with van der Waals surface area (Å²) in [6, 6.07) is 1.97. The van der Waals surface area contributed by atoms with E-state index in [0.717, 1.165) is 37.4 Å². The minimum Gasteiger partial charge on any atom is -0.342 e. The molecule has 1 aromatic rings. The van der Waals surface area contributed by atoms with Crippen LogP contribution in [-0.4, -0.2) is 40.4 Å². The molecule has 5 heteroatoms. The number of nitrogens with zero attached hydrogens (tertiary/aromatic N) is 3. The molecule has 0 radical (unpaired) electrons. The number of aryl methyl sites for hydroxylation is 1. The van der Waals surface area contributed by atoms with Gasteiger partial charge in [0.1, 0.15) is 5.82 Å². The van der Waals surface area contributed by atoms with Crippen molar-refractivity contribution in [1.82, 2.24) is 14.9 Å². The molecule has 0 bridgehead atoms. The summed E-state index contributed by atoms with van der Waals surface area (Å²) in [5, 5.41) is 0. The zero-order chi connectivity index (χ0) is 12.3. The minimum atomic E-state index is 0.0438. The van der Waals surface area contributed by atoms with E-state index in [2.05, 4.69) is 9.97 Å². The summed E-state index contributed by atoms with van der Waals surface area (Å²) in [7, 11) is 0. The molecule has 92 valence electrons. The highest BCUT2D eigenvalue weighted by Gasteiger charge is 2.23. The van der Waals surface area contributed by atoms with Gasteiger partial charge < -0.3 is 10.6 Å². The summed E-state index contributed by atoms with van der Waals surface area (Å²) in [5.74, 6) is 1.30. The van der Waals surface area contributed by atoms with E-state index < -0.39 is 0 Å². The lowest BCUT2D eigenvalue weighted by atomic mass is 9.93. The predicted octanol–water partition coefficient (Wildman–Crippen LogP) is 0.450. The average molecular weight is 234 g/mol. The van der Waals surface area contributed by atoms with E-state index in [1.165, 1.54) is 0 Å². The molecule has 0 aromatic carbocycles. The number of carbonyl (C=O) groups is 1. The number of amides is 1. The first kappa shape index (κ1) is 12.0. The molecule has 0 aliphatic carbocycles. The van der Waals surface area contributed by atoms with Crippen molar-refractivity contribution in [2.45, 2.75) is 25.7 Å². The topological polar surface area (TPSA) is 72.1 Å². The van der Waals surface area contributed by atoms with E-state index in [4.69, 9.17) is 5.73 Å². The van der Waals surface area contributed by atoms with Crippen molar-refractivity contribution in [1.29, 1.82) is 0 Å². The van der Waals surface area contributed by atoms with Gasteiger partial charge in [0.2, 0.25) is 5.91 Å². The van der Waals surface area contributed by atoms with Crippen LogP contribution >= 0.6 is 0 Å². The smallest absolute Gasteiger partial charge is 0.236 e. The highest BCUT2D eigenvalue weighted by atomic mass is 16.2. The standard InChI is InChI=1S/C12H18N4O/c1-9-14-5-2-11(15-9)10-3-6-16(7-4-10)12(17)8-13/h2,5,10H,3-4,6-8,13H2,1H3. The Balaban J connectivity index is 1.97. The Morgan fingerprint density at radius 2 is 2.24 bits per heavy atom. The molecular weight excluding hydrogens is 216 g/mol. The molecule has 0 spiro atoms. The molecule has 2 rings (SSSR count). The van der Waals surface area contributed by atoms with Crippen LogP contribution in [0.25, 0.3) is 0 Å². The number of nitrogens with two attached hydrogens (primary N) is 1. The fraction of sp³-hybridized carbons (Fsp3) is 0.583. The van der Waals surface area contributed by atoms with Crippen LogP contribution in [0.3, 0.4) is 0 Å². The summed E-state index contributed by atoms with van der Waals surface area (Å²) in [5.41, 5.74) is 6.45. The van der Waals surface area contributed by atoms with Crippen molar-refractivity contribution in [3.63, 3.8) is 0 Å². The second-order valence-electron chi connectivity index (χ2n) is 4.39. The van der Waals surface area contributed by atoms with Crippen molar-refractivity contribution >= 4 is 5.91 Å². The van der Waals surface area contributed by atoms with Gasteiger partial charge in [0, 0.05) is 30.9 Å². The van der Waals surface area contributed by atoms with Gasteiger partial charge in [-0.3, -0.25) is 4.79 Å². The third kappa shape index (κ3) is 2.79. The van der Waals surface area contributed by atoms with E-state index in [1.807, 2.05) is 17.9 Å². The van der Waals surface area contributed by atoms with Crippen LogP contribution in [-0.2, 0) is 4.79 Å². The molecule has 5 nitrogen and oxygen atoms in total. The van der Waals surface area contributed by atoms with Crippen molar-refractivity contribution < 1.29 is 4.79 Å². The lowest BCUT2D eigenvalue weighted by Crippen LogP contribution is -2.41. The second-order valence-corrected chi connectivity index (χ2v) is 4.39. The van der Waals surface area contributed by atoms with Gasteiger partial charge in [-0.2, -0.15) is 0 Å². The van der Waals surface area contributed by atoms with Crippen molar-refractivity contribution in [3.05, 3.63) is 23.8 Å². The summed E-state index contributed by atoms with van der Waals surface area (Å²) < 4.78 is 0. The molecule has 1 saturated heterocycles. The number of hydrogen-bond donors (Lipinski definition) is 1. The Hall–Kier alpha value is -1.49. The number of carbonyl (C=O) groups excluding carboxylic acids is 1. The Morgan fingerprint density at radius 1 is 1.53 bits per heavy atom. The zero-order valence-electron chi connectivity index (χ0n) is 10.1. The molecule has 2 heterocycles. The Bertz CT molecular complexity index is 399. The number of piperidine rings is 1.